The predicted octanol–water partition coefficient (Wildman–Crippen LogP) is 6.45. The maximum atomic E-state index is 2.53. The monoisotopic (exact) mass is 376 g/mol. The van der Waals surface area contributed by atoms with Crippen molar-refractivity contribution in [2.45, 2.75) is 12.1 Å². The molecular weight excluding hydrogens is 352 g/mol. The van der Waals surface area contributed by atoms with Crippen LogP contribution < -0.4 is 9.80 Å². The van der Waals surface area contributed by atoms with Gasteiger partial charge in [-0.15, -0.1) is 0 Å². The van der Waals surface area contributed by atoms with Crippen molar-refractivity contribution in [3.8, 4) is 0 Å². The minimum absolute atomic E-state index is 0.223. The maximum absolute atomic E-state index is 2.53. The molecule has 1 fully saturated rings. The summed E-state index contributed by atoms with van der Waals surface area (Å²) in [7, 11) is 0. The third kappa shape index (κ3) is 3.38. The number of hydrogen-bond donors (Lipinski definition) is 0. The summed E-state index contributed by atoms with van der Waals surface area (Å²) >= 11 is 0. The van der Waals surface area contributed by atoms with Gasteiger partial charge in [-0.25, -0.2) is 0 Å². The number of para-hydroxylation sites is 2. The van der Waals surface area contributed by atoms with Crippen LogP contribution in [0.2, 0.25) is 0 Å². The van der Waals surface area contributed by atoms with E-state index < -0.39 is 0 Å². The molecule has 0 unspecified atom stereocenters. The molecule has 1 aliphatic heterocycles. The highest BCUT2D eigenvalue weighted by Crippen LogP contribution is 2.47. The Morgan fingerprint density at radius 1 is 0.414 bits per heavy atom. The molecule has 0 N–H and O–H groups in total. The molecule has 142 valence electrons. The minimum atomic E-state index is 0.223. The molecule has 4 aromatic rings. The van der Waals surface area contributed by atoms with Crippen molar-refractivity contribution in [1.29, 1.82) is 0 Å². The zero-order valence-electron chi connectivity index (χ0n) is 16.3. The van der Waals surface area contributed by atoms with Crippen molar-refractivity contribution < 1.29 is 0 Å². The van der Waals surface area contributed by atoms with Gasteiger partial charge in [-0.1, -0.05) is 97.1 Å². The van der Waals surface area contributed by atoms with E-state index in [1.807, 2.05) is 0 Å². The normalized spacial score (nSPS) is 18.8. The van der Waals surface area contributed by atoms with Gasteiger partial charge in [-0.2, -0.15) is 0 Å². The van der Waals surface area contributed by atoms with Gasteiger partial charge in [-0.05, 0) is 35.4 Å². The molecule has 0 aliphatic carbocycles. The standard InChI is InChI=1S/C27H24N2/c1-5-13-22(14-6-1)26-27(23-15-7-2-8-16-23)29(25-19-11-4-12-20-25)21-28(26)24-17-9-3-10-18-24/h1-20,26-27H,21H2/t26-,27-/m0/s1. The first-order valence-corrected chi connectivity index (χ1v) is 10.1. The largest absolute Gasteiger partial charge is 0.344 e. The van der Waals surface area contributed by atoms with Crippen LogP contribution in [0.4, 0.5) is 11.4 Å². The Labute approximate surface area is 172 Å². The third-order valence-electron chi connectivity index (χ3n) is 5.73. The molecule has 0 saturated carbocycles. The van der Waals surface area contributed by atoms with Crippen LogP contribution in [-0.2, 0) is 0 Å². The molecule has 2 atom stereocenters. The molecule has 0 spiro atoms. The molecule has 0 aromatic heterocycles. The van der Waals surface area contributed by atoms with Crippen molar-refractivity contribution in [1.82, 2.24) is 0 Å². The average molecular weight is 377 g/mol. The molecule has 1 saturated heterocycles. The second-order valence-electron chi connectivity index (χ2n) is 7.46. The van der Waals surface area contributed by atoms with Crippen LogP contribution in [0.5, 0.6) is 0 Å². The first-order chi connectivity index (χ1) is 14.4. The maximum Gasteiger partial charge on any atom is 0.0917 e. The van der Waals surface area contributed by atoms with Gasteiger partial charge in [0.15, 0.2) is 0 Å². The highest BCUT2D eigenvalue weighted by atomic mass is 15.4. The summed E-state index contributed by atoms with van der Waals surface area (Å²) in [6.07, 6.45) is 0. The topological polar surface area (TPSA) is 6.48 Å². The summed E-state index contributed by atoms with van der Waals surface area (Å²) in [5, 5.41) is 0. The fourth-order valence-electron chi connectivity index (χ4n) is 4.43. The Hall–Kier alpha value is -3.52. The quantitative estimate of drug-likeness (QED) is 0.404. The van der Waals surface area contributed by atoms with Gasteiger partial charge in [0.25, 0.3) is 0 Å². The summed E-state index contributed by atoms with van der Waals surface area (Å²) in [5.74, 6) is 0. The van der Waals surface area contributed by atoms with Gasteiger partial charge >= 0.3 is 0 Å². The molecular formula is C27H24N2. The fourth-order valence-corrected chi connectivity index (χ4v) is 4.43. The first kappa shape index (κ1) is 17.6. The molecule has 29 heavy (non-hydrogen) atoms. The highest BCUT2D eigenvalue weighted by molar-refractivity contribution is 5.60. The van der Waals surface area contributed by atoms with Crippen LogP contribution >= 0.6 is 0 Å². The number of rotatable bonds is 4. The molecule has 0 amide bonds. The smallest absolute Gasteiger partial charge is 0.0917 e. The number of nitrogens with zero attached hydrogens (tertiary/aromatic N) is 2. The van der Waals surface area contributed by atoms with Crippen molar-refractivity contribution in [2.24, 2.45) is 0 Å². The Bertz CT molecular complexity index is 946. The number of benzene rings is 4. The van der Waals surface area contributed by atoms with E-state index in [-0.39, 0.29) is 12.1 Å². The van der Waals surface area contributed by atoms with Gasteiger partial charge in [0.05, 0.1) is 18.8 Å². The van der Waals surface area contributed by atoms with Crippen LogP contribution in [0.15, 0.2) is 121 Å². The van der Waals surface area contributed by atoms with Gasteiger partial charge in [0.1, 0.15) is 0 Å². The van der Waals surface area contributed by atoms with Gasteiger partial charge < -0.3 is 9.80 Å². The van der Waals surface area contributed by atoms with E-state index in [2.05, 4.69) is 131 Å². The zero-order chi connectivity index (χ0) is 19.5. The molecule has 2 nitrogen and oxygen atoms in total. The van der Waals surface area contributed by atoms with Gasteiger partial charge in [-0.3, -0.25) is 0 Å². The van der Waals surface area contributed by atoms with Crippen molar-refractivity contribution in [3.05, 3.63) is 132 Å². The van der Waals surface area contributed by atoms with Crippen LogP contribution in [0.25, 0.3) is 0 Å². The number of hydrogen-bond acceptors (Lipinski definition) is 2. The molecule has 1 aliphatic rings. The second-order valence-corrected chi connectivity index (χ2v) is 7.46. The van der Waals surface area contributed by atoms with E-state index >= 15 is 0 Å². The molecule has 5 rings (SSSR count). The molecule has 4 aromatic carbocycles. The van der Waals surface area contributed by atoms with Gasteiger partial charge in [0.2, 0.25) is 0 Å². The summed E-state index contributed by atoms with van der Waals surface area (Å²) in [6, 6.07) is 43.8. The van der Waals surface area contributed by atoms with Gasteiger partial charge in [0, 0.05) is 11.4 Å². The van der Waals surface area contributed by atoms with Crippen LogP contribution in [-0.4, -0.2) is 6.67 Å². The minimum Gasteiger partial charge on any atom is -0.344 e. The lowest BCUT2D eigenvalue weighted by molar-refractivity contribution is 0.618. The molecule has 1 heterocycles. The lowest BCUT2D eigenvalue weighted by Gasteiger charge is -2.30. The van der Waals surface area contributed by atoms with E-state index in [4.69, 9.17) is 0 Å². The molecule has 2 heteroatoms. The van der Waals surface area contributed by atoms with E-state index in [1.165, 1.54) is 22.5 Å². The first-order valence-electron chi connectivity index (χ1n) is 10.1. The van der Waals surface area contributed by atoms with Crippen molar-refractivity contribution >= 4 is 11.4 Å². The Morgan fingerprint density at radius 2 is 0.724 bits per heavy atom. The Balaban J connectivity index is 1.69. The van der Waals surface area contributed by atoms with Crippen molar-refractivity contribution in [2.75, 3.05) is 16.5 Å². The van der Waals surface area contributed by atoms with E-state index in [0.29, 0.717) is 0 Å². The number of anilines is 2. The predicted molar refractivity (Wildman–Crippen MR) is 121 cm³/mol. The average Bonchev–Trinajstić information content (AvgIpc) is 3.22. The van der Waals surface area contributed by atoms with E-state index in [0.717, 1.165) is 6.67 Å². The molecule has 0 bridgehead atoms. The SMILES string of the molecule is c1ccc([C@H]2[C@H](c3ccccc3)N(c3ccccc3)CN2c2ccccc2)cc1. The summed E-state index contributed by atoms with van der Waals surface area (Å²) in [6.45, 7) is 0.840. The second kappa shape index (κ2) is 7.84. The Kier molecular flexibility index (Phi) is 4.75. The van der Waals surface area contributed by atoms with E-state index in [1.54, 1.807) is 0 Å². The lowest BCUT2D eigenvalue weighted by atomic mass is 9.92. The fraction of sp³-hybridized carbons (Fsp3) is 0.111. The lowest BCUT2D eigenvalue weighted by Crippen LogP contribution is -2.26. The summed E-state index contributed by atoms with van der Waals surface area (Å²) in [4.78, 5) is 5.06. The zero-order valence-corrected chi connectivity index (χ0v) is 16.3. The van der Waals surface area contributed by atoms with Crippen LogP contribution in [0.1, 0.15) is 23.2 Å². The highest BCUT2D eigenvalue weighted by Gasteiger charge is 2.42. The molecule has 0 radical (unpaired) electrons. The van der Waals surface area contributed by atoms with Crippen molar-refractivity contribution in [3.63, 3.8) is 0 Å². The summed E-state index contributed by atoms with van der Waals surface area (Å²) < 4.78 is 0. The third-order valence-corrected chi connectivity index (χ3v) is 5.73. The van der Waals surface area contributed by atoms with E-state index in [9.17, 15) is 0 Å². The summed E-state index contributed by atoms with van der Waals surface area (Å²) in [5.41, 5.74) is 5.17. The Morgan fingerprint density at radius 3 is 1.07 bits per heavy atom. The van der Waals surface area contributed by atoms with Crippen LogP contribution in [0, 0.1) is 0 Å². The van der Waals surface area contributed by atoms with Crippen LogP contribution in [0.3, 0.4) is 0 Å².